The van der Waals surface area contributed by atoms with Gasteiger partial charge in [0.2, 0.25) is 0 Å². The molecule has 0 fully saturated rings. The van der Waals surface area contributed by atoms with Crippen LogP contribution in [0, 0.1) is 0 Å². The summed E-state index contributed by atoms with van der Waals surface area (Å²) in [5.41, 5.74) is 0.465. The van der Waals surface area contributed by atoms with Crippen molar-refractivity contribution in [3.63, 3.8) is 0 Å². The van der Waals surface area contributed by atoms with Crippen LogP contribution in [0.4, 0.5) is 0 Å². The van der Waals surface area contributed by atoms with E-state index in [0.717, 1.165) is 17.6 Å². The fraction of sp³-hybridized carbons (Fsp3) is 0.294. The average Bonchev–Trinajstić information content (AvgIpc) is 2.97. The Hall–Kier alpha value is -2.76. The molecule has 6 nitrogen and oxygen atoms in total. The first-order valence-electron chi connectivity index (χ1n) is 7.08. The van der Waals surface area contributed by atoms with Crippen LogP contribution >= 0.6 is 0 Å². The molecule has 2 rings (SSSR count). The molecule has 0 unspecified atom stereocenters. The lowest BCUT2D eigenvalue weighted by atomic mass is 9.94. The second-order valence-corrected chi connectivity index (χ2v) is 5.87. The number of carboxylic acid groups (broad SMARTS) is 1. The molecule has 0 atom stereocenters. The maximum Gasteiger partial charge on any atom is 0.338 e. The molecule has 0 saturated carbocycles. The highest BCUT2D eigenvalue weighted by Gasteiger charge is 2.24. The number of carbonyl (C=O) groups excluding carboxylic acids is 1. The maximum atomic E-state index is 12.2. The number of amides is 1. The number of ether oxygens (including phenoxy) is 1. The first-order chi connectivity index (χ1) is 10.8. The molecule has 6 heteroatoms. The largest absolute Gasteiger partial charge is 0.497 e. The minimum atomic E-state index is -1.13. The Bertz CT molecular complexity index is 700. The van der Waals surface area contributed by atoms with Crippen molar-refractivity contribution in [3.8, 4) is 5.75 Å². The van der Waals surface area contributed by atoms with Crippen molar-refractivity contribution >= 4 is 11.9 Å². The highest BCUT2D eigenvalue weighted by atomic mass is 16.5. The van der Waals surface area contributed by atoms with Gasteiger partial charge in [-0.25, -0.2) is 4.79 Å². The van der Waals surface area contributed by atoms with Gasteiger partial charge in [0.1, 0.15) is 12.0 Å². The average molecular weight is 317 g/mol. The number of nitrogens with one attached hydrogen (secondary N) is 1. The van der Waals surface area contributed by atoms with Crippen molar-refractivity contribution in [2.75, 3.05) is 7.11 Å². The highest BCUT2D eigenvalue weighted by molar-refractivity contribution is 5.95. The van der Waals surface area contributed by atoms with Gasteiger partial charge in [-0.15, -0.1) is 0 Å². The summed E-state index contributed by atoms with van der Waals surface area (Å²) in [7, 11) is 1.61. The summed E-state index contributed by atoms with van der Waals surface area (Å²) in [6.07, 6.45) is 1.66. The molecule has 1 amide bonds. The molecule has 2 aromatic rings. The molecule has 122 valence electrons. The summed E-state index contributed by atoms with van der Waals surface area (Å²) < 4.78 is 10.1. The molecule has 0 aliphatic rings. The predicted octanol–water partition coefficient (Wildman–Crippen LogP) is 2.74. The van der Waals surface area contributed by atoms with Crippen molar-refractivity contribution in [3.05, 3.63) is 53.5 Å². The van der Waals surface area contributed by atoms with Crippen LogP contribution in [0.1, 0.15) is 40.3 Å². The van der Waals surface area contributed by atoms with Crippen LogP contribution < -0.4 is 10.1 Å². The number of methoxy groups -OCH3 is 1. The third-order valence-electron chi connectivity index (χ3n) is 3.33. The molecule has 1 aromatic heterocycles. The molecular formula is C17H19NO5. The van der Waals surface area contributed by atoms with E-state index >= 15 is 0 Å². The van der Waals surface area contributed by atoms with Gasteiger partial charge in [-0.3, -0.25) is 4.79 Å². The molecule has 0 aliphatic carbocycles. The van der Waals surface area contributed by atoms with E-state index in [2.05, 4.69) is 5.32 Å². The molecule has 1 aromatic carbocycles. The number of furan rings is 1. The van der Waals surface area contributed by atoms with Crippen molar-refractivity contribution in [2.24, 2.45) is 0 Å². The van der Waals surface area contributed by atoms with E-state index < -0.39 is 17.4 Å². The zero-order valence-corrected chi connectivity index (χ0v) is 13.3. The predicted molar refractivity (Wildman–Crippen MR) is 83.9 cm³/mol. The van der Waals surface area contributed by atoms with Crippen molar-refractivity contribution < 1.29 is 23.8 Å². The summed E-state index contributed by atoms with van der Waals surface area (Å²) in [4.78, 5) is 23.0. The Labute approximate surface area is 134 Å². The summed E-state index contributed by atoms with van der Waals surface area (Å²) in [6.45, 7) is 3.77. The number of carbonyl (C=O) groups is 2. The van der Waals surface area contributed by atoms with Gasteiger partial charge in [0.05, 0.1) is 12.7 Å². The number of carboxylic acids is 1. The number of rotatable bonds is 6. The fourth-order valence-corrected chi connectivity index (χ4v) is 2.23. The van der Waals surface area contributed by atoms with E-state index in [1.807, 2.05) is 38.1 Å². The fourth-order valence-electron chi connectivity index (χ4n) is 2.23. The quantitative estimate of drug-likeness (QED) is 0.855. The van der Waals surface area contributed by atoms with Crippen molar-refractivity contribution in [1.82, 2.24) is 5.32 Å². The molecule has 1 heterocycles. The smallest absolute Gasteiger partial charge is 0.338 e. The van der Waals surface area contributed by atoms with Gasteiger partial charge in [0.25, 0.3) is 5.91 Å². The molecule has 0 spiro atoms. The van der Waals surface area contributed by atoms with Crippen LogP contribution in [-0.2, 0) is 6.42 Å². The molecule has 23 heavy (non-hydrogen) atoms. The zero-order chi connectivity index (χ0) is 17.0. The maximum absolute atomic E-state index is 12.2. The van der Waals surface area contributed by atoms with Crippen LogP contribution in [0.5, 0.6) is 5.75 Å². The number of hydrogen-bond acceptors (Lipinski definition) is 4. The standard InChI is InChI=1S/C17H19NO5/c1-17(2,9-11-4-6-13(22-3)7-5-11)18-15(19)14-8-12(10-23-14)16(20)21/h4-8,10H,9H2,1-3H3,(H,18,19)(H,20,21). The van der Waals surface area contributed by atoms with Crippen LogP contribution in [0.2, 0.25) is 0 Å². The Kier molecular flexibility index (Phi) is 4.74. The normalized spacial score (nSPS) is 11.1. The molecule has 2 N–H and O–H groups in total. The summed E-state index contributed by atoms with van der Waals surface area (Å²) in [5.74, 6) is -0.834. The van der Waals surface area contributed by atoms with E-state index in [1.165, 1.54) is 6.07 Å². The first-order valence-corrected chi connectivity index (χ1v) is 7.08. The van der Waals surface area contributed by atoms with Gasteiger partial charge in [0, 0.05) is 11.6 Å². The second-order valence-electron chi connectivity index (χ2n) is 5.87. The van der Waals surface area contributed by atoms with Gasteiger partial charge in [-0.05, 0) is 38.0 Å². The summed E-state index contributed by atoms with van der Waals surface area (Å²) in [5, 5.41) is 11.7. The summed E-state index contributed by atoms with van der Waals surface area (Å²) >= 11 is 0. The monoisotopic (exact) mass is 317 g/mol. The van der Waals surface area contributed by atoms with Crippen LogP contribution in [-0.4, -0.2) is 29.6 Å². The minimum Gasteiger partial charge on any atom is -0.497 e. The van der Waals surface area contributed by atoms with E-state index in [9.17, 15) is 9.59 Å². The second kappa shape index (κ2) is 6.56. The van der Waals surface area contributed by atoms with Gasteiger partial charge in [0.15, 0.2) is 5.76 Å². The van der Waals surface area contributed by atoms with E-state index in [0.29, 0.717) is 6.42 Å². The Morgan fingerprint density at radius 2 is 1.91 bits per heavy atom. The van der Waals surface area contributed by atoms with Gasteiger partial charge in [-0.1, -0.05) is 12.1 Å². The van der Waals surface area contributed by atoms with Crippen molar-refractivity contribution in [2.45, 2.75) is 25.8 Å². The molecule has 0 aliphatic heterocycles. The first kappa shape index (κ1) is 16.6. The lowest BCUT2D eigenvalue weighted by molar-refractivity contribution is 0.0695. The minimum absolute atomic E-state index is 0.0230. The third kappa shape index (κ3) is 4.35. The zero-order valence-electron chi connectivity index (χ0n) is 13.3. The SMILES string of the molecule is COc1ccc(CC(C)(C)NC(=O)c2cc(C(=O)O)co2)cc1. The molecular weight excluding hydrogens is 298 g/mol. The van der Waals surface area contributed by atoms with E-state index in [-0.39, 0.29) is 11.3 Å². The lowest BCUT2D eigenvalue weighted by Crippen LogP contribution is -2.45. The molecule has 0 bridgehead atoms. The van der Waals surface area contributed by atoms with Crippen molar-refractivity contribution in [1.29, 1.82) is 0 Å². The van der Waals surface area contributed by atoms with Gasteiger partial charge >= 0.3 is 5.97 Å². The Morgan fingerprint density at radius 1 is 1.26 bits per heavy atom. The summed E-state index contributed by atoms with van der Waals surface area (Å²) in [6, 6.07) is 8.79. The van der Waals surface area contributed by atoms with E-state index in [1.54, 1.807) is 7.11 Å². The molecule has 0 radical (unpaired) electrons. The lowest BCUT2D eigenvalue weighted by Gasteiger charge is -2.26. The number of aromatic carboxylic acids is 1. The number of hydrogen-bond donors (Lipinski definition) is 2. The molecule has 0 saturated heterocycles. The topological polar surface area (TPSA) is 88.8 Å². The van der Waals surface area contributed by atoms with E-state index in [4.69, 9.17) is 14.3 Å². The van der Waals surface area contributed by atoms with Gasteiger partial charge in [-0.2, -0.15) is 0 Å². The van der Waals surface area contributed by atoms with Crippen LogP contribution in [0.15, 0.2) is 41.0 Å². The van der Waals surface area contributed by atoms with Gasteiger partial charge < -0.3 is 19.6 Å². The third-order valence-corrected chi connectivity index (χ3v) is 3.33. The van der Waals surface area contributed by atoms with Crippen LogP contribution in [0.3, 0.4) is 0 Å². The van der Waals surface area contributed by atoms with Crippen LogP contribution in [0.25, 0.3) is 0 Å². The Balaban J connectivity index is 2.03. The highest BCUT2D eigenvalue weighted by Crippen LogP contribution is 2.18. The number of benzene rings is 1. The Morgan fingerprint density at radius 3 is 2.43 bits per heavy atom.